The predicted octanol–water partition coefficient (Wildman–Crippen LogP) is 3.62. The van der Waals surface area contributed by atoms with E-state index in [1.807, 2.05) is 12.1 Å². The molecule has 0 bridgehead atoms. The minimum absolute atomic E-state index is 0.0324. The van der Waals surface area contributed by atoms with Crippen LogP contribution in [0.25, 0.3) is 0 Å². The van der Waals surface area contributed by atoms with Crippen LogP contribution in [0.1, 0.15) is 30.5 Å². The van der Waals surface area contributed by atoms with Crippen LogP contribution < -0.4 is 5.32 Å². The van der Waals surface area contributed by atoms with E-state index >= 15 is 0 Å². The monoisotopic (exact) mass is 239 g/mol. The summed E-state index contributed by atoms with van der Waals surface area (Å²) in [7, 11) is 0. The van der Waals surface area contributed by atoms with Crippen molar-refractivity contribution >= 4 is 11.6 Å². The summed E-state index contributed by atoms with van der Waals surface area (Å²) >= 11 is 5.99. The van der Waals surface area contributed by atoms with E-state index in [0.717, 1.165) is 24.1 Å². The summed E-state index contributed by atoms with van der Waals surface area (Å²) < 4.78 is 10.2. The third-order valence-corrected chi connectivity index (χ3v) is 2.74. The van der Waals surface area contributed by atoms with Gasteiger partial charge in [-0.1, -0.05) is 6.92 Å². The Kier molecular flexibility index (Phi) is 3.70. The van der Waals surface area contributed by atoms with E-state index in [4.69, 9.17) is 20.4 Å². The molecule has 0 aliphatic rings. The molecule has 0 fully saturated rings. The molecule has 0 aromatic carbocycles. The first-order valence-corrected chi connectivity index (χ1v) is 5.69. The minimum Gasteiger partial charge on any atom is -0.472 e. The number of hydrogen-bond donors (Lipinski definition) is 1. The molecular formula is C12H14ClNO2. The Morgan fingerprint density at radius 2 is 2.25 bits per heavy atom. The van der Waals surface area contributed by atoms with Gasteiger partial charge in [0, 0.05) is 11.1 Å². The average Bonchev–Trinajstić information content (AvgIpc) is 2.91. The molecule has 0 radical (unpaired) electrons. The fourth-order valence-corrected chi connectivity index (χ4v) is 1.87. The Morgan fingerprint density at radius 1 is 1.38 bits per heavy atom. The van der Waals surface area contributed by atoms with Crippen molar-refractivity contribution in [2.75, 3.05) is 6.54 Å². The van der Waals surface area contributed by atoms with Crippen molar-refractivity contribution in [3.05, 3.63) is 47.3 Å². The van der Waals surface area contributed by atoms with Crippen LogP contribution in [-0.2, 0) is 0 Å². The highest BCUT2D eigenvalue weighted by atomic mass is 35.5. The number of hydrogen-bond acceptors (Lipinski definition) is 3. The largest absolute Gasteiger partial charge is 0.472 e. The number of halogens is 1. The van der Waals surface area contributed by atoms with Gasteiger partial charge in [0.2, 0.25) is 0 Å². The molecule has 0 saturated carbocycles. The minimum atomic E-state index is 0.0324. The van der Waals surface area contributed by atoms with Crippen molar-refractivity contribution < 1.29 is 8.83 Å². The van der Waals surface area contributed by atoms with E-state index in [9.17, 15) is 0 Å². The summed E-state index contributed by atoms with van der Waals surface area (Å²) in [5.74, 6) is 0. The fraction of sp³-hybridized carbons (Fsp3) is 0.333. The molecule has 2 rings (SSSR count). The maximum atomic E-state index is 5.99. The van der Waals surface area contributed by atoms with E-state index in [2.05, 4.69) is 12.2 Å². The molecule has 2 heterocycles. The normalized spacial score (nSPS) is 12.9. The molecule has 1 atom stereocenters. The molecule has 0 saturated heterocycles. The van der Waals surface area contributed by atoms with Crippen LogP contribution in [-0.4, -0.2) is 6.54 Å². The van der Waals surface area contributed by atoms with Crippen LogP contribution in [0.5, 0.6) is 0 Å². The van der Waals surface area contributed by atoms with Crippen LogP contribution in [0, 0.1) is 0 Å². The number of rotatable bonds is 5. The first-order valence-electron chi connectivity index (χ1n) is 5.31. The Hall–Kier alpha value is -1.19. The summed E-state index contributed by atoms with van der Waals surface area (Å²) in [4.78, 5) is 0. The Labute approximate surface area is 99.4 Å². The number of nitrogens with one attached hydrogen (secondary N) is 1. The third kappa shape index (κ3) is 2.31. The van der Waals surface area contributed by atoms with Crippen molar-refractivity contribution in [1.82, 2.24) is 5.32 Å². The topological polar surface area (TPSA) is 38.3 Å². The molecule has 3 nitrogen and oxygen atoms in total. The lowest BCUT2D eigenvalue weighted by Gasteiger charge is -2.15. The highest BCUT2D eigenvalue weighted by Crippen LogP contribution is 2.29. The van der Waals surface area contributed by atoms with Gasteiger partial charge in [-0.2, -0.15) is 0 Å². The average molecular weight is 240 g/mol. The van der Waals surface area contributed by atoms with E-state index in [1.54, 1.807) is 18.8 Å². The van der Waals surface area contributed by atoms with Gasteiger partial charge in [0.25, 0.3) is 0 Å². The van der Waals surface area contributed by atoms with Crippen molar-refractivity contribution in [3.63, 3.8) is 0 Å². The first kappa shape index (κ1) is 11.3. The molecule has 1 N–H and O–H groups in total. The lowest BCUT2D eigenvalue weighted by molar-refractivity contribution is 0.537. The number of furan rings is 2. The molecule has 16 heavy (non-hydrogen) atoms. The third-order valence-electron chi connectivity index (χ3n) is 2.43. The van der Waals surface area contributed by atoms with Gasteiger partial charge >= 0.3 is 0 Å². The van der Waals surface area contributed by atoms with Gasteiger partial charge in [0.05, 0.1) is 24.8 Å². The summed E-state index contributed by atoms with van der Waals surface area (Å²) in [6.45, 7) is 3.04. The Morgan fingerprint density at radius 3 is 2.81 bits per heavy atom. The molecule has 4 heteroatoms. The predicted molar refractivity (Wildman–Crippen MR) is 62.6 cm³/mol. The van der Waals surface area contributed by atoms with Crippen LogP contribution in [0.3, 0.4) is 0 Å². The molecule has 0 spiro atoms. The van der Waals surface area contributed by atoms with E-state index in [1.165, 1.54) is 0 Å². The summed E-state index contributed by atoms with van der Waals surface area (Å²) in [6, 6.07) is 3.84. The SMILES string of the molecule is CCCNC(c1ccoc1)c1ccoc1Cl. The second kappa shape index (κ2) is 5.23. The van der Waals surface area contributed by atoms with Crippen molar-refractivity contribution in [1.29, 1.82) is 0 Å². The summed E-state index contributed by atoms with van der Waals surface area (Å²) in [6.07, 6.45) is 6.03. The van der Waals surface area contributed by atoms with Gasteiger partial charge in [0.15, 0.2) is 5.22 Å². The standard InChI is InChI=1S/C12H14ClNO2/c1-2-5-14-11(9-3-6-15-8-9)10-4-7-16-12(10)13/h3-4,6-8,11,14H,2,5H2,1H3. The molecule has 0 aliphatic heterocycles. The van der Waals surface area contributed by atoms with E-state index in [-0.39, 0.29) is 6.04 Å². The zero-order chi connectivity index (χ0) is 11.4. The molecule has 2 aromatic heterocycles. The Balaban J connectivity index is 2.25. The van der Waals surface area contributed by atoms with Gasteiger partial charge in [0.1, 0.15) is 0 Å². The lowest BCUT2D eigenvalue weighted by atomic mass is 10.0. The van der Waals surface area contributed by atoms with Crippen LogP contribution >= 0.6 is 11.6 Å². The summed E-state index contributed by atoms with van der Waals surface area (Å²) in [5, 5.41) is 3.84. The van der Waals surface area contributed by atoms with Crippen molar-refractivity contribution in [2.45, 2.75) is 19.4 Å². The zero-order valence-electron chi connectivity index (χ0n) is 9.07. The van der Waals surface area contributed by atoms with Gasteiger partial charge in [-0.15, -0.1) is 0 Å². The molecule has 0 amide bonds. The second-order valence-corrected chi connectivity index (χ2v) is 3.94. The zero-order valence-corrected chi connectivity index (χ0v) is 9.83. The first-order chi connectivity index (χ1) is 7.83. The molecule has 0 aliphatic carbocycles. The molecule has 86 valence electrons. The van der Waals surface area contributed by atoms with E-state index in [0.29, 0.717) is 5.22 Å². The quantitative estimate of drug-likeness (QED) is 0.866. The van der Waals surface area contributed by atoms with Crippen molar-refractivity contribution in [3.8, 4) is 0 Å². The Bertz CT molecular complexity index is 422. The highest BCUT2D eigenvalue weighted by molar-refractivity contribution is 6.29. The smallest absolute Gasteiger partial charge is 0.198 e. The summed E-state index contributed by atoms with van der Waals surface area (Å²) in [5.41, 5.74) is 1.99. The maximum Gasteiger partial charge on any atom is 0.198 e. The van der Waals surface area contributed by atoms with Gasteiger partial charge < -0.3 is 14.2 Å². The van der Waals surface area contributed by atoms with Gasteiger partial charge in [-0.05, 0) is 36.7 Å². The maximum absolute atomic E-state index is 5.99. The van der Waals surface area contributed by atoms with Crippen LogP contribution in [0.15, 0.2) is 39.8 Å². The molecular weight excluding hydrogens is 226 g/mol. The van der Waals surface area contributed by atoms with E-state index < -0.39 is 0 Å². The van der Waals surface area contributed by atoms with Gasteiger partial charge in [-0.3, -0.25) is 0 Å². The lowest BCUT2D eigenvalue weighted by Crippen LogP contribution is -2.22. The second-order valence-electron chi connectivity index (χ2n) is 3.59. The molecule has 1 unspecified atom stereocenters. The van der Waals surface area contributed by atoms with Crippen LogP contribution in [0.2, 0.25) is 5.22 Å². The highest BCUT2D eigenvalue weighted by Gasteiger charge is 2.19. The van der Waals surface area contributed by atoms with Crippen molar-refractivity contribution in [2.24, 2.45) is 0 Å². The van der Waals surface area contributed by atoms with Gasteiger partial charge in [-0.25, -0.2) is 0 Å². The van der Waals surface area contributed by atoms with Crippen LogP contribution in [0.4, 0.5) is 0 Å². The fourth-order valence-electron chi connectivity index (χ4n) is 1.65. The molecule has 2 aromatic rings.